The van der Waals surface area contributed by atoms with Crippen molar-refractivity contribution in [3.8, 4) is 5.75 Å². The van der Waals surface area contributed by atoms with E-state index in [2.05, 4.69) is 21.1 Å². The van der Waals surface area contributed by atoms with E-state index >= 15 is 0 Å². The second kappa shape index (κ2) is 6.38. The fourth-order valence-corrected chi connectivity index (χ4v) is 2.10. The lowest BCUT2D eigenvalue weighted by Gasteiger charge is -2.09. The zero-order valence-electron chi connectivity index (χ0n) is 10.7. The summed E-state index contributed by atoms with van der Waals surface area (Å²) in [5.74, 6) is 0.260. The number of carbonyl (C=O) groups is 1. The van der Waals surface area contributed by atoms with Crippen LogP contribution in [0.15, 0.2) is 39.3 Å². The van der Waals surface area contributed by atoms with Gasteiger partial charge in [0.05, 0.1) is 4.47 Å². The summed E-state index contributed by atoms with van der Waals surface area (Å²) in [6, 6.07) is 7.18. The lowest BCUT2D eigenvalue weighted by molar-refractivity contribution is -0.131. The predicted octanol–water partition coefficient (Wildman–Crippen LogP) is 3.42. The number of para-hydroxylation sites is 1. The van der Waals surface area contributed by atoms with E-state index in [0.717, 1.165) is 10.5 Å². The number of aliphatic carboxylic acids is 1. The smallest absolute Gasteiger partial charge is 0.328 e. The van der Waals surface area contributed by atoms with E-state index in [-0.39, 0.29) is 6.61 Å². The highest BCUT2D eigenvalue weighted by Crippen LogP contribution is 2.30. The van der Waals surface area contributed by atoms with Gasteiger partial charge in [-0.2, -0.15) is 0 Å². The minimum absolute atomic E-state index is 0.244. The van der Waals surface area contributed by atoms with Crippen LogP contribution in [-0.4, -0.2) is 16.2 Å². The Kier molecular flexibility index (Phi) is 4.57. The normalized spacial score (nSPS) is 10.9. The fraction of sp³-hybridized carbons (Fsp3) is 0.143. The molecule has 0 saturated carbocycles. The molecule has 2 aromatic rings. The molecular weight excluding hydrogens is 326 g/mol. The standard InChI is InChI=1S/C14H12BrNO4/c1-9-7-11(16-20-9)8-19-14-10(5-6-13(17)18)3-2-4-12(14)15/h2-7H,8H2,1H3,(H,17,18). The molecule has 1 N–H and O–H groups in total. The summed E-state index contributed by atoms with van der Waals surface area (Å²) >= 11 is 3.38. The van der Waals surface area contributed by atoms with Gasteiger partial charge in [0.1, 0.15) is 23.8 Å². The summed E-state index contributed by atoms with van der Waals surface area (Å²) in [4.78, 5) is 10.6. The minimum atomic E-state index is -1.01. The summed E-state index contributed by atoms with van der Waals surface area (Å²) in [5, 5.41) is 12.5. The van der Waals surface area contributed by atoms with Gasteiger partial charge in [0.2, 0.25) is 0 Å². The molecule has 104 valence electrons. The van der Waals surface area contributed by atoms with Crippen LogP contribution in [0.25, 0.3) is 6.08 Å². The number of halogens is 1. The van der Waals surface area contributed by atoms with Crippen molar-refractivity contribution in [2.45, 2.75) is 13.5 Å². The Balaban J connectivity index is 2.19. The second-order valence-electron chi connectivity index (χ2n) is 4.05. The molecule has 5 nitrogen and oxygen atoms in total. The average molecular weight is 338 g/mol. The van der Waals surface area contributed by atoms with Gasteiger partial charge in [0, 0.05) is 17.7 Å². The number of carboxylic acid groups (broad SMARTS) is 1. The molecule has 0 aliphatic carbocycles. The van der Waals surface area contributed by atoms with Crippen molar-refractivity contribution in [3.05, 3.63) is 51.8 Å². The predicted molar refractivity (Wildman–Crippen MR) is 76.4 cm³/mol. The van der Waals surface area contributed by atoms with E-state index in [1.807, 2.05) is 6.07 Å². The number of nitrogens with zero attached hydrogens (tertiary/aromatic N) is 1. The van der Waals surface area contributed by atoms with E-state index in [1.54, 1.807) is 25.1 Å². The maximum atomic E-state index is 10.6. The molecular formula is C14H12BrNO4. The van der Waals surface area contributed by atoms with Crippen molar-refractivity contribution in [1.29, 1.82) is 0 Å². The first-order valence-corrected chi connectivity index (χ1v) is 6.60. The van der Waals surface area contributed by atoms with Crippen molar-refractivity contribution in [3.63, 3.8) is 0 Å². The Labute approximate surface area is 124 Å². The molecule has 0 bridgehead atoms. The Morgan fingerprint density at radius 3 is 3.00 bits per heavy atom. The third kappa shape index (κ3) is 3.71. The molecule has 0 amide bonds. The molecule has 0 unspecified atom stereocenters. The molecule has 1 aromatic heterocycles. The summed E-state index contributed by atoms with van der Waals surface area (Å²) in [7, 11) is 0. The zero-order valence-corrected chi connectivity index (χ0v) is 12.3. The average Bonchev–Trinajstić information content (AvgIpc) is 2.81. The first kappa shape index (κ1) is 14.3. The van der Waals surface area contributed by atoms with Gasteiger partial charge in [-0.15, -0.1) is 0 Å². The van der Waals surface area contributed by atoms with Crippen LogP contribution in [0.1, 0.15) is 17.0 Å². The molecule has 0 atom stereocenters. The van der Waals surface area contributed by atoms with Gasteiger partial charge < -0.3 is 14.4 Å². The molecule has 2 rings (SSSR count). The Hall–Kier alpha value is -2.08. The summed E-state index contributed by atoms with van der Waals surface area (Å²) in [6.07, 6.45) is 2.55. The van der Waals surface area contributed by atoms with Gasteiger partial charge in [0.15, 0.2) is 0 Å². The minimum Gasteiger partial charge on any atom is -0.485 e. The molecule has 6 heteroatoms. The van der Waals surface area contributed by atoms with Gasteiger partial charge in [-0.1, -0.05) is 17.3 Å². The maximum absolute atomic E-state index is 10.6. The number of rotatable bonds is 5. The number of aryl methyl sites for hydroxylation is 1. The molecule has 20 heavy (non-hydrogen) atoms. The van der Waals surface area contributed by atoms with E-state index in [0.29, 0.717) is 22.8 Å². The topological polar surface area (TPSA) is 72.6 Å². The highest BCUT2D eigenvalue weighted by molar-refractivity contribution is 9.10. The van der Waals surface area contributed by atoms with Gasteiger partial charge in [-0.3, -0.25) is 0 Å². The van der Waals surface area contributed by atoms with Gasteiger partial charge in [-0.25, -0.2) is 4.79 Å². The summed E-state index contributed by atoms with van der Waals surface area (Å²) in [6.45, 7) is 2.05. The number of ether oxygens (including phenoxy) is 1. The third-order valence-electron chi connectivity index (χ3n) is 2.44. The second-order valence-corrected chi connectivity index (χ2v) is 4.90. The van der Waals surface area contributed by atoms with Crippen LogP contribution in [0.5, 0.6) is 5.75 Å². The Morgan fingerprint density at radius 1 is 1.55 bits per heavy atom. The highest BCUT2D eigenvalue weighted by Gasteiger charge is 2.08. The summed E-state index contributed by atoms with van der Waals surface area (Å²) in [5.41, 5.74) is 1.34. The first-order valence-electron chi connectivity index (χ1n) is 5.81. The largest absolute Gasteiger partial charge is 0.485 e. The van der Waals surface area contributed by atoms with Crippen molar-refractivity contribution in [2.24, 2.45) is 0 Å². The first-order chi connectivity index (χ1) is 9.56. The molecule has 0 radical (unpaired) electrons. The number of aromatic nitrogens is 1. The van der Waals surface area contributed by atoms with Crippen LogP contribution in [-0.2, 0) is 11.4 Å². The molecule has 0 fully saturated rings. The third-order valence-corrected chi connectivity index (χ3v) is 3.07. The van der Waals surface area contributed by atoms with Crippen molar-refractivity contribution in [1.82, 2.24) is 5.16 Å². The van der Waals surface area contributed by atoms with E-state index < -0.39 is 5.97 Å². The van der Waals surface area contributed by atoms with Crippen LogP contribution >= 0.6 is 15.9 Å². The highest BCUT2D eigenvalue weighted by atomic mass is 79.9. The van der Waals surface area contributed by atoms with Crippen LogP contribution in [0.3, 0.4) is 0 Å². The molecule has 0 spiro atoms. The lowest BCUT2D eigenvalue weighted by Crippen LogP contribution is -1.98. The van der Waals surface area contributed by atoms with Crippen LogP contribution < -0.4 is 4.74 Å². The lowest BCUT2D eigenvalue weighted by atomic mass is 10.2. The van der Waals surface area contributed by atoms with E-state index in [1.165, 1.54) is 6.08 Å². The molecule has 1 heterocycles. The van der Waals surface area contributed by atoms with Crippen molar-refractivity contribution < 1.29 is 19.2 Å². The van der Waals surface area contributed by atoms with Gasteiger partial charge in [0.25, 0.3) is 0 Å². The van der Waals surface area contributed by atoms with E-state index in [9.17, 15) is 4.79 Å². The van der Waals surface area contributed by atoms with Gasteiger partial charge in [-0.05, 0) is 35.0 Å². The monoisotopic (exact) mass is 337 g/mol. The van der Waals surface area contributed by atoms with Crippen molar-refractivity contribution >= 4 is 28.0 Å². The summed E-state index contributed by atoms with van der Waals surface area (Å²) < 4.78 is 11.4. The number of hydrogen-bond acceptors (Lipinski definition) is 4. The quantitative estimate of drug-likeness (QED) is 0.846. The zero-order chi connectivity index (χ0) is 14.5. The number of hydrogen-bond donors (Lipinski definition) is 1. The number of benzene rings is 1. The van der Waals surface area contributed by atoms with E-state index in [4.69, 9.17) is 14.4 Å². The van der Waals surface area contributed by atoms with Gasteiger partial charge >= 0.3 is 5.97 Å². The van der Waals surface area contributed by atoms with Crippen molar-refractivity contribution in [2.75, 3.05) is 0 Å². The van der Waals surface area contributed by atoms with Crippen LogP contribution in [0, 0.1) is 6.92 Å². The molecule has 0 aliphatic heterocycles. The SMILES string of the molecule is Cc1cc(COc2c(Br)cccc2C=CC(=O)O)no1. The molecule has 0 saturated heterocycles. The Bertz CT molecular complexity index is 648. The molecule has 0 aliphatic rings. The molecule has 1 aromatic carbocycles. The van der Waals surface area contributed by atoms with Crippen LogP contribution in [0.4, 0.5) is 0 Å². The maximum Gasteiger partial charge on any atom is 0.328 e. The van der Waals surface area contributed by atoms with Crippen LogP contribution in [0.2, 0.25) is 0 Å². The fourth-order valence-electron chi connectivity index (χ4n) is 1.60. The number of carboxylic acids is 1. The Morgan fingerprint density at radius 2 is 2.35 bits per heavy atom.